The Morgan fingerprint density at radius 3 is 2.53 bits per heavy atom. The molecule has 1 atom stereocenters. The predicted octanol–water partition coefficient (Wildman–Crippen LogP) is 4.76. The van der Waals surface area contributed by atoms with Gasteiger partial charge in [-0.25, -0.2) is 9.79 Å². The van der Waals surface area contributed by atoms with Crippen LogP contribution in [-0.2, 0) is 9.53 Å². The number of thiazole rings is 1. The molecule has 5 rings (SSSR count). The molecule has 0 unspecified atom stereocenters. The van der Waals surface area contributed by atoms with E-state index in [1.807, 2.05) is 13.8 Å². The summed E-state index contributed by atoms with van der Waals surface area (Å²) in [5.74, 6) is 1.08. The number of nitrogens with zero attached hydrogens (tertiary/aromatic N) is 3. The van der Waals surface area contributed by atoms with Crippen LogP contribution in [0, 0.1) is 10.1 Å². The highest BCUT2D eigenvalue weighted by atomic mass is 32.1. The van der Waals surface area contributed by atoms with Gasteiger partial charge in [-0.05, 0) is 63.6 Å². The summed E-state index contributed by atoms with van der Waals surface area (Å²) >= 11 is 1.14. The number of hydrogen-bond acceptors (Lipinski definition) is 10. The van der Waals surface area contributed by atoms with Gasteiger partial charge in [-0.15, -0.1) is 0 Å². The number of allylic oxidation sites excluding steroid dienone is 1. The van der Waals surface area contributed by atoms with Crippen LogP contribution in [0.2, 0.25) is 0 Å². The van der Waals surface area contributed by atoms with Crippen LogP contribution in [-0.4, -0.2) is 35.3 Å². The molecule has 2 aromatic carbocycles. The zero-order valence-corrected chi connectivity index (χ0v) is 24.8. The van der Waals surface area contributed by atoms with Crippen molar-refractivity contribution in [3.8, 4) is 22.8 Å². The van der Waals surface area contributed by atoms with Crippen LogP contribution >= 0.6 is 11.3 Å². The van der Waals surface area contributed by atoms with Gasteiger partial charge in [0.05, 0.1) is 52.2 Å². The van der Waals surface area contributed by atoms with Crippen molar-refractivity contribution in [2.45, 2.75) is 33.7 Å². The summed E-state index contributed by atoms with van der Waals surface area (Å²) in [7, 11) is 0. The van der Waals surface area contributed by atoms with Crippen LogP contribution in [0.1, 0.15) is 45.1 Å². The minimum Gasteiger partial charge on any atom is -0.490 e. The lowest BCUT2D eigenvalue weighted by atomic mass is 9.95. The number of fused-ring (bicyclic) bond motifs is 1. The number of rotatable bonds is 10. The van der Waals surface area contributed by atoms with E-state index >= 15 is 0 Å². The number of carbonyl (C=O) groups excluding carboxylic acids is 1. The highest BCUT2D eigenvalue weighted by molar-refractivity contribution is 7.07. The van der Waals surface area contributed by atoms with Gasteiger partial charge in [-0.3, -0.25) is 19.5 Å². The Hall–Kier alpha value is -4.97. The largest absolute Gasteiger partial charge is 0.490 e. The van der Waals surface area contributed by atoms with Gasteiger partial charge in [0.15, 0.2) is 16.3 Å². The second-order valence-corrected chi connectivity index (χ2v) is 10.4. The molecule has 1 aliphatic rings. The van der Waals surface area contributed by atoms with E-state index in [1.165, 1.54) is 10.6 Å². The Balaban J connectivity index is 1.65. The molecule has 0 aliphatic carbocycles. The molecular formula is C31H29N3O8S. The van der Waals surface area contributed by atoms with Gasteiger partial charge < -0.3 is 18.6 Å². The summed E-state index contributed by atoms with van der Waals surface area (Å²) in [6.45, 7) is 8.13. The first-order chi connectivity index (χ1) is 20.8. The Bertz CT molecular complexity index is 1920. The van der Waals surface area contributed by atoms with Gasteiger partial charge in [-0.2, -0.15) is 0 Å². The number of ether oxygens (including phenoxy) is 3. The topological polar surface area (TPSA) is 135 Å². The van der Waals surface area contributed by atoms with E-state index in [2.05, 4.69) is 4.99 Å². The fraction of sp³-hybridized carbons (Fsp3) is 0.258. The molecule has 2 aromatic heterocycles. The SMILES string of the molecule is CCOC(=O)C1=C(C)N=c2s/c(=C\c3ccc(-c4ccccc4[N+](=O)[O-])o3)c(=O)n2[C@H]1c1ccc(OCC)c(OCC)c1. The molecule has 0 bridgehead atoms. The van der Waals surface area contributed by atoms with E-state index in [-0.39, 0.29) is 17.9 Å². The summed E-state index contributed by atoms with van der Waals surface area (Å²) in [6.07, 6.45) is 1.56. The van der Waals surface area contributed by atoms with Crippen LogP contribution < -0.4 is 24.4 Å². The minimum atomic E-state index is -0.841. The van der Waals surface area contributed by atoms with Crippen molar-refractivity contribution in [3.05, 3.63) is 107 Å². The molecule has 0 amide bonds. The first-order valence-corrected chi connectivity index (χ1v) is 14.5. The lowest BCUT2D eigenvalue weighted by Gasteiger charge is -2.25. The molecule has 0 fully saturated rings. The summed E-state index contributed by atoms with van der Waals surface area (Å²) < 4.78 is 24.6. The van der Waals surface area contributed by atoms with Crippen molar-refractivity contribution in [1.82, 2.24) is 4.57 Å². The van der Waals surface area contributed by atoms with Crippen molar-refractivity contribution < 1.29 is 28.3 Å². The lowest BCUT2D eigenvalue weighted by molar-refractivity contribution is -0.384. The molecule has 1 aliphatic heterocycles. The van der Waals surface area contributed by atoms with Crippen LogP contribution in [0.15, 0.2) is 80.1 Å². The third-order valence-electron chi connectivity index (χ3n) is 6.67. The maximum absolute atomic E-state index is 14.0. The molecule has 43 heavy (non-hydrogen) atoms. The molecule has 222 valence electrons. The van der Waals surface area contributed by atoms with Gasteiger partial charge in [0.25, 0.3) is 11.2 Å². The molecule has 0 spiro atoms. The summed E-state index contributed by atoms with van der Waals surface area (Å²) in [4.78, 5) is 43.2. The summed E-state index contributed by atoms with van der Waals surface area (Å²) in [6, 6.07) is 14.0. The number of hydrogen-bond donors (Lipinski definition) is 0. The van der Waals surface area contributed by atoms with Crippen molar-refractivity contribution in [1.29, 1.82) is 0 Å². The fourth-order valence-electron chi connectivity index (χ4n) is 4.89. The van der Waals surface area contributed by atoms with Crippen LogP contribution in [0.3, 0.4) is 0 Å². The number of furan rings is 1. The normalized spacial score (nSPS) is 14.7. The third-order valence-corrected chi connectivity index (χ3v) is 7.65. The van der Waals surface area contributed by atoms with E-state index in [0.29, 0.717) is 62.4 Å². The van der Waals surface area contributed by atoms with E-state index in [9.17, 15) is 19.7 Å². The van der Waals surface area contributed by atoms with Crippen LogP contribution in [0.5, 0.6) is 11.5 Å². The number of para-hydroxylation sites is 1. The van der Waals surface area contributed by atoms with Crippen molar-refractivity contribution >= 4 is 29.1 Å². The van der Waals surface area contributed by atoms with Crippen molar-refractivity contribution in [2.75, 3.05) is 19.8 Å². The third kappa shape index (κ3) is 5.73. The average Bonchev–Trinajstić information content (AvgIpc) is 3.57. The van der Waals surface area contributed by atoms with E-state index in [1.54, 1.807) is 68.5 Å². The van der Waals surface area contributed by atoms with Gasteiger partial charge >= 0.3 is 5.97 Å². The Kier molecular flexibility index (Phi) is 8.58. The smallest absolute Gasteiger partial charge is 0.338 e. The number of benzene rings is 2. The number of nitro benzene ring substituents is 1. The number of nitro groups is 1. The first kappa shape index (κ1) is 29.5. The molecule has 0 N–H and O–H groups in total. The van der Waals surface area contributed by atoms with E-state index in [4.69, 9.17) is 18.6 Å². The van der Waals surface area contributed by atoms with Crippen molar-refractivity contribution in [2.24, 2.45) is 4.99 Å². The average molecular weight is 604 g/mol. The minimum absolute atomic E-state index is 0.0912. The van der Waals surface area contributed by atoms with Crippen molar-refractivity contribution in [3.63, 3.8) is 0 Å². The molecular weight excluding hydrogens is 574 g/mol. The Morgan fingerprint density at radius 1 is 1.07 bits per heavy atom. The van der Waals surface area contributed by atoms with Gasteiger partial charge in [0.2, 0.25) is 0 Å². The number of esters is 1. The monoisotopic (exact) mass is 603 g/mol. The second-order valence-electron chi connectivity index (χ2n) is 9.35. The first-order valence-electron chi connectivity index (χ1n) is 13.7. The van der Waals surface area contributed by atoms with E-state index < -0.39 is 22.5 Å². The standard InChI is InChI=1S/C31H29N3O8S/c1-5-39-24-14-12-19(16-25(24)40-6-2)28-27(30(36)41-7-3)18(4)32-31-33(28)29(35)26(43-31)17-20-13-15-23(42-20)21-10-8-9-11-22(21)34(37)38/h8-17,28H,5-7H2,1-4H3/b26-17-/t28-/m0/s1. The summed E-state index contributed by atoms with van der Waals surface area (Å²) in [5.41, 5.74) is 1.13. The fourth-order valence-corrected chi connectivity index (χ4v) is 5.92. The highest BCUT2D eigenvalue weighted by Gasteiger charge is 2.34. The predicted molar refractivity (Wildman–Crippen MR) is 160 cm³/mol. The maximum atomic E-state index is 14.0. The second kappa shape index (κ2) is 12.5. The molecule has 11 nitrogen and oxygen atoms in total. The molecule has 4 aromatic rings. The van der Waals surface area contributed by atoms with Gasteiger partial charge in [-0.1, -0.05) is 29.5 Å². The molecule has 12 heteroatoms. The Morgan fingerprint density at radius 2 is 1.81 bits per heavy atom. The molecule has 3 heterocycles. The molecule has 0 radical (unpaired) electrons. The lowest BCUT2D eigenvalue weighted by Crippen LogP contribution is -2.40. The van der Waals surface area contributed by atoms with Crippen LogP contribution in [0.4, 0.5) is 5.69 Å². The van der Waals surface area contributed by atoms with E-state index in [0.717, 1.165) is 11.3 Å². The number of carbonyl (C=O) groups is 1. The Labute approximate surface area is 250 Å². The summed E-state index contributed by atoms with van der Waals surface area (Å²) in [5, 5.41) is 11.5. The zero-order chi connectivity index (χ0) is 30.7. The van der Waals surface area contributed by atoms with Crippen LogP contribution in [0.25, 0.3) is 17.4 Å². The molecule has 0 saturated carbocycles. The maximum Gasteiger partial charge on any atom is 0.338 e. The number of aromatic nitrogens is 1. The molecule has 0 saturated heterocycles. The van der Waals surface area contributed by atoms with Gasteiger partial charge in [0.1, 0.15) is 11.5 Å². The van der Waals surface area contributed by atoms with Gasteiger partial charge in [0, 0.05) is 12.1 Å². The quantitative estimate of drug-likeness (QED) is 0.144. The zero-order valence-electron chi connectivity index (χ0n) is 24.0. The highest BCUT2D eigenvalue weighted by Crippen LogP contribution is 2.36.